The minimum Gasteiger partial charge on any atom is -0.352 e. The zero-order chi connectivity index (χ0) is 18.9. The second-order valence-electron chi connectivity index (χ2n) is 7.66. The fraction of sp³-hybridized carbons (Fsp3) is 0.304. The predicted molar refractivity (Wildman–Crippen MR) is 115 cm³/mol. The van der Waals surface area contributed by atoms with Crippen molar-refractivity contribution in [1.82, 2.24) is 19.8 Å². The van der Waals surface area contributed by atoms with E-state index in [2.05, 4.69) is 74.6 Å². The highest BCUT2D eigenvalue weighted by atomic mass is 32.1. The highest BCUT2D eigenvalue weighted by molar-refractivity contribution is 7.80. The molecule has 1 saturated heterocycles. The Labute approximate surface area is 171 Å². The summed E-state index contributed by atoms with van der Waals surface area (Å²) >= 11 is 5.81. The van der Waals surface area contributed by atoms with Crippen LogP contribution in [0.5, 0.6) is 0 Å². The molecule has 3 aromatic rings. The summed E-state index contributed by atoms with van der Waals surface area (Å²) in [4.78, 5) is 7.09. The lowest BCUT2D eigenvalue weighted by Crippen LogP contribution is -2.37. The molecule has 0 unspecified atom stereocenters. The van der Waals surface area contributed by atoms with Crippen LogP contribution >= 0.6 is 12.2 Å². The van der Waals surface area contributed by atoms with Crippen LogP contribution in [0, 0.1) is 0 Å². The Morgan fingerprint density at radius 2 is 1.75 bits per heavy atom. The highest BCUT2D eigenvalue weighted by Gasteiger charge is 2.43. The van der Waals surface area contributed by atoms with Crippen LogP contribution in [0.25, 0.3) is 5.69 Å². The van der Waals surface area contributed by atoms with Gasteiger partial charge in [-0.1, -0.05) is 37.1 Å². The van der Waals surface area contributed by atoms with E-state index in [1.54, 1.807) is 0 Å². The van der Waals surface area contributed by atoms with Crippen LogP contribution in [0.15, 0.2) is 73.2 Å². The van der Waals surface area contributed by atoms with Crippen LogP contribution in [0.1, 0.15) is 49.0 Å². The Morgan fingerprint density at radius 1 is 0.964 bits per heavy atom. The Kier molecular flexibility index (Phi) is 4.61. The average Bonchev–Trinajstić information content (AvgIpc) is 3.48. The van der Waals surface area contributed by atoms with E-state index >= 15 is 0 Å². The van der Waals surface area contributed by atoms with Gasteiger partial charge in [-0.2, -0.15) is 0 Å². The monoisotopic (exact) mass is 388 g/mol. The molecule has 3 heterocycles. The molecule has 0 bridgehead atoms. The number of thiocarbonyl (C=S) groups is 1. The Morgan fingerprint density at radius 3 is 2.50 bits per heavy atom. The zero-order valence-corrected chi connectivity index (χ0v) is 16.6. The lowest BCUT2D eigenvalue weighted by atomic mass is 9.97. The van der Waals surface area contributed by atoms with Gasteiger partial charge < -0.3 is 14.8 Å². The summed E-state index contributed by atoms with van der Waals surface area (Å²) in [5, 5.41) is 4.44. The van der Waals surface area contributed by atoms with Crippen molar-refractivity contribution in [1.29, 1.82) is 0 Å². The maximum atomic E-state index is 5.81. The summed E-state index contributed by atoms with van der Waals surface area (Å²) in [6, 6.07) is 19.5. The van der Waals surface area contributed by atoms with Crippen molar-refractivity contribution >= 4 is 17.3 Å². The molecule has 1 N–H and O–H groups in total. The van der Waals surface area contributed by atoms with Gasteiger partial charge in [0.25, 0.3) is 0 Å². The van der Waals surface area contributed by atoms with E-state index in [0.29, 0.717) is 6.04 Å². The SMILES string of the molecule is S=C1N[C@@H](c2ccccn2)[C@H](c2ccn(-c3ccccc3)c2)N1C1CCCC1. The molecular weight excluding hydrogens is 364 g/mol. The lowest BCUT2D eigenvalue weighted by Gasteiger charge is -2.32. The molecule has 2 fully saturated rings. The van der Waals surface area contributed by atoms with E-state index in [-0.39, 0.29) is 12.1 Å². The number of nitrogens with zero attached hydrogens (tertiary/aromatic N) is 3. The quantitative estimate of drug-likeness (QED) is 0.652. The summed E-state index contributed by atoms with van der Waals surface area (Å²) in [6.07, 6.45) is 11.3. The van der Waals surface area contributed by atoms with Crippen molar-refractivity contribution in [2.75, 3.05) is 0 Å². The van der Waals surface area contributed by atoms with Gasteiger partial charge in [0.2, 0.25) is 0 Å². The fourth-order valence-electron chi connectivity index (χ4n) is 4.65. The van der Waals surface area contributed by atoms with Crippen molar-refractivity contribution < 1.29 is 0 Å². The first-order chi connectivity index (χ1) is 13.8. The molecule has 1 aromatic carbocycles. The van der Waals surface area contributed by atoms with Gasteiger partial charge in [0.05, 0.1) is 17.8 Å². The van der Waals surface area contributed by atoms with Gasteiger partial charge in [-0.25, -0.2) is 0 Å². The van der Waals surface area contributed by atoms with Crippen molar-refractivity contribution in [3.63, 3.8) is 0 Å². The van der Waals surface area contributed by atoms with E-state index in [4.69, 9.17) is 12.2 Å². The van der Waals surface area contributed by atoms with Crippen molar-refractivity contribution in [3.8, 4) is 5.69 Å². The molecule has 1 aliphatic heterocycles. The van der Waals surface area contributed by atoms with Crippen LogP contribution in [0.2, 0.25) is 0 Å². The number of benzene rings is 1. The first-order valence-electron chi connectivity index (χ1n) is 10.0. The summed E-state index contributed by atoms with van der Waals surface area (Å²) in [6.45, 7) is 0. The van der Waals surface area contributed by atoms with E-state index in [0.717, 1.165) is 10.8 Å². The number of aromatic nitrogens is 2. The maximum Gasteiger partial charge on any atom is 0.170 e. The molecule has 5 rings (SSSR count). The molecule has 28 heavy (non-hydrogen) atoms. The van der Waals surface area contributed by atoms with Crippen LogP contribution in [-0.2, 0) is 0 Å². The zero-order valence-electron chi connectivity index (χ0n) is 15.7. The van der Waals surface area contributed by atoms with E-state index in [1.807, 2.05) is 18.3 Å². The number of pyridine rings is 1. The smallest absolute Gasteiger partial charge is 0.170 e. The first kappa shape index (κ1) is 17.4. The normalized spacial score (nSPS) is 22.6. The van der Waals surface area contributed by atoms with Gasteiger partial charge in [-0.3, -0.25) is 4.98 Å². The third kappa shape index (κ3) is 3.10. The van der Waals surface area contributed by atoms with E-state index in [1.165, 1.54) is 36.9 Å². The van der Waals surface area contributed by atoms with Crippen LogP contribution in [-0.4, -0.2) is 25.6 Å². The predicted octanol–water partition coefficient (Wildman–Crippen LogP) is 4.79. The second kappa shape index (κ2) is 7.40. The minimum atomic E-state index is 0.0703. The van der Waals surface area contributed by atoms with Gasteiger partial charge >= 0.3 is 0 Å². The standard InChI is InChI=1S/C23H24N4S/c28-23-25-21(20-12-6-7-14-24-20)22(27(23)19-10-4-5-11-19)17-13-15-26(16-17)18-8-2-1-3-9-18/h1-3,6-9,12-16,19,21-22H,4-5,10-11H2,(H,25,28)/t21-,22-/m0/s1. The largest absolute Gasteiger partial charge is 0.352 e. The highest BCUT2D eigenvalue weighted by Crippen LogP contribution is 2.43. The van der Waals surface area contributed by atoms with E-state index < -0.39 is 0 Å². The number of hydrogen-bond donors (Lipinski definition) is 1. The number of rotatable bonds is 4. The molecule has 0 radical (unpaired) electrons. The molecule has 0 amide bonds. The van der Waals surface area contributed by atoms with Crippen LogP contribution in [0.3, 0.4) is 0 Å². The van der Waals surface area contributed by atoms with Gasteiger partial charge in [-0.15, -0.1) is 0 Å². The molecule has 2 atom stereocenters. The molecule has 5 heteroatoms. The summed E-state index contributed by atoms with van der Waals surface area (Å²) in [7, 11) is 0. The van der Waals surface area contributed by atoms with Crippen molar-refractivity contribution in [2.24, 2.45) is 0 Å². The topological polar surface area (TPSA) is 33.1 Å². The Balaban J connectivity index is 1.55. The minimum absolute atomic E-state index is 0.0703. The number of nitrogens with one attached hydrogen (secondary N) is 1. The Hall–Kier alpha value is -2.66. The van der Waals surface area contributed by atoms with Crippen LogP contribution < -0.4 is 5.32 Å². The van der Waals surface area contributed by atoms with Gasteiger partial charge in [-0.05, 0) is 61.0 Å². The number of para-hydroxylation sites is 1. The molecule has 0 spiro atoms. The maximum absolute atomic E-state index is 5.81. The van der Waals surface area contributed by atoms with Gasteiger partial charge in [0.15, 0.2) is 5.11 Å². The molecule has 142 valence electrons. The third-order valence-corrected chi connectivity index (χ3v) is 6.29. The lowest BCUT2D eigenvalue weighted by molar-refractivity contribution is 0.245. The molecular formula is C23H24N4S. The van der Waals surface area contributed by atoms with Gasteiger partial charge in [0, 0.05) is 30.3 Å². The summed E-state index contributed by atoms with van der Waals surface area (Å²) < 4.78 is 2.19. The summed E-state index contributed by atoms with van der Waals surface area (Å²) in [5.41, 5.74) is 3.49. The third-order valence-electron chi connectivity index (χ3n) is 5.97. The van der Waals surface area contributed by atoms with Crippen molar-refractivity contribution in [2.45, 2.75) is 43.8 Å². The summed E-state index contributed by atoms with van der Waals surface area (Å²) in [5.74, 6) is 0. The molecule has 1 saturated carbocycles. The molecule has 2 aromatic heterocycles. The first-order valence-corrected chi connectivity index (χ1v) is 10.5. The Bertz CT molecular complexity index is 947. The second-order valence-corrected chi connectivity index (χ2v) is 8.05. The van der Waals surface area contributed by atoms with Crippen molar-refractivity contribution in [3.05, 3.63) is 84.4 Å². The number of hydrogen-bond acceptors (Lipinski definition) is 2. The molecule has 2 aliphatic rings. The average molecular weight is 389 g/mol. The van der Waals surface area contributed by atoms with Crippen LogP contribution in [0.4, 0.5) is 0 Å². The molecule has 4 nitrogen and oxygen atoms in total. The molecule has 1 aliphatic carbocycles. The fourth-order valence-corrected chi connectivity index (χ4v) is 5.04. The van der Waals surface area contributed by atoms with E-state index in [9.17, 15) is 0 Å². The van der Waals surface area contributed by atoms with Gasteiger partial charge in [0.1, 0.15) is 0 Å².